The number of halogens is 1. The summed E-state index contributed by atoms with van der Waals surface area (Å²) < 4.78 is 5.70. The highest BCUT2D eigenvalue weighted by molar-refractivity contribution is 7.80. The highest BCUT2D eigenvalue weighted by Gasteiger charge is 2.34. The zero-order valence-corrected chi connectivity index (χ0v) is 24.3. The van der Waals surface area contributed by atoms with Crippen molar-refractivity contribution in [2.24, 2.45) is 5.92 Å². The summed E-state index contributed by atoms with van der Waals surface area (Å²) in [6.45, 7) is 9.90. The maximum absolute atomic E-state index is 6.18. The van der Waals surface area contributed by atoms with Crippen molar-refractivity contribution in [2.75, 3.05) is 54.5 Å². The monoisotopic (exact) mass is 556 g/mol. The van der Waals surface area contributed by atoms with Crippen molar-refractivity contribution < 1.29 is 4.74 Å². The molecule has 206 valence electrons. The normalized spacial score (nSPS) is 23.7. The van der Waals surface area contributed by atoms with Gasteiger partial charge in [-0.2, -0.15) is 9.97 Å². The number of aromatic nitrogens is 2. The minimum absolute atomic E-state index is 0.0599. The van der Waals surface area contributed by atoms with Crippen LogP contribution in [0.5, 0.6) is 0 Å². The maximum Gasteiger partial charge on any atom is 0.232 e. The van der Waals surface area contributed by atoms with E-state index in [2.05, 4.69) is 52.5 Å². The Morgan fingerprint density at radius 3 is 2.55 bits per heavy atom. The number of hydrogen-bond acceptors (Lipinski definition) is 6. The van der Waals surface area contributed by atoms with Gasteiger partial charge in [0.05, 0.1) is 0 Å². The molecule has 7 nitrogen and oxygen atoms in total. The minimum Gasteiger partial charge on any atom is -0.381 e. The van der Waals surface area contributed by atoms with E-state index in [1.807, 2.05) is 12.1 Å². The minimum atomic E-state index is -0.0599. The van der Waals surface area contributed by atoms with Crippen LogP contribution in [-0.4, -0.2) is 60.5 Å². The number of piperidine rings is 2. The largest absolute Gasteiger partial charge is 0.381 e. The summed E-state index contributed by atoms with van der Waals surface area (Å²) in [5.41, 5.74) is 1.20. The van der Waals surface area contributed by atoms with E-state index in [0.29, 0.717) is 29.6 Å². The van der Waals surface area contributed by atoms with Crippen LogP contribution < -0.4 is 20.4 Å². The summed E-state index contributed by atoms with van der Waals surface area (Å²) >= 11 is 12.0. The second-order valence-corrected chi connectivity index (χ2v) is 12.2. The topological polar surface area (TPSA) is 65.5 Å². The second-order valence-electron chi connectivity index (χ2n) is 11.3. The average molecular weight is 557 g/mol. The van der Waals surface area contributed by atoms with E-state index in [0.717, 1.165) is 62.3 Å². The van der Waals surface area contributed by atoms with Crippen molar-refractivity contribution >= 4 is 46.5 Å². The number of thiocarbonyl (C=S) groups is 1. The summed E-state index contributed by atoms with van der Waals surface area (Å²) in [5, 5.41) is 8.13. The molecule has 3 aliphatic rings. The van der Waals surface area contributed by atoms with Gasteiger partial charge in [-0.3, -0.25) is 0 Å². The van der Waals surface area contributed by atoms with Gasteiger partial charge in [0.15, 0.2) is 5.11 Å². The predicted octanol–water partition coefficient (Wildman–Crippen LogP) is 5.78. The zero-order valence-electron chi connectivity index (χ0n) is 22.7. The molecular weight excluding hydrogens is 516 g/mol. The molecule has 3 fully saturated rings. The number of benzene rings is 1. The molecule has 0 aliphatic carbocycles. The SMILES string of the molecule is C[C@H]1CCCN(c2cc(N3CCCC[C@@H]3C)nc(NC(=S)NCC3(c4ccc(Cl)cc4)CCOCC3)n2)C1. The Hall–Kier alpha value is -2.16. The molecule has 0 unspecified atom stereocenters. The smallest absolute Gasteiger partial charge is 0.232 e. The Morgan fingerprint density at radius 2 is 1.82 bits per heavy atom. The van der Waals surface area contributed by atoms with Crippen LogP contribution in [0.1, 0.15) is 64.4 Å². The Morgan fingerprint density at radius 1 is 1.05 bits per heavy atom. The lowest BCUT2D eigenvalue weighted by Gasteiger charge is -2.38. The molecule has 3 aliphatic heterocycles. The van der Waals surface area contributed by atoms with E-state index in [1.165, 1.54) is 37.7 Å². The third-order valence-electron chi connectivity index (χ3n) is 8.50. The van der Waals surface area contributed by atoms with Crippen LogP contribution in [0.4, 0.5) is 17.6 Å². The molecule has 1 aromatic heterocycles. The molecule has 3 saturated heterocycles. The second kappa shape index (κ2) is 12.3. The first-order valence-corrected chi connectivity index (χ1v) is 15.0. The van der Waals surface area contributed by atoms with Crippen LogP contribution in [0.15, 0.2) is 30.3 Å². The molecule has 9 heteroatoms. The van der Waals surface area contributed by atoms with E-state index in [1.54, 1.807) is 0 Å². The van der Waals surface area contributed by atoms with Gasteiger partial charge in [-0.05, 0) is 87.7 Å². The number of anilines is 3. The molecule has 2 aromatic rings. The standard InChI is InChI=1S/C29H41ClN6OS/c1-21-6-5-14-35(19-21)25-18-26(36-15-4-3-7-22(36)2)33-27(32-25)34-28(38)31-20-29(12-16-37-17-13-29)23-8-10-24(30)11-9-23/h8-11,18,21-22H,3-7,12-17,19-20H2,1-2H3,(H2,31,32,33,34,38)/t21-,22-/m0/s1. The van der Waals surface area contributed by atoms with Crippen molar-refractivity contribution in [1.29, 1.82) is 0 Å². The summed E-state index contributed by atoms with van der Waals surface area (Å²) in [4.78, 5) is 14.7. The van der Waals surface area contributed by atoms with Gasteiger partial charge >= 0.3 is 0 Å². The molecule has 38 heavy (non-hydrogen) atoms. The molecular formula is C29H41ClN6OS. The first kappa shape index (κ1) is 27.4. The summed E-state index contributed by atoms with van der Waals surface area (Å²) in [6, 6.07) is 10.8. The molecule has 0 bridgehead atoms. The fourth-order valence-corrected chi connectivity index (χ4v) is 6.44. The molecule has 1 aromatic carbocycles. The van der Waals surface area contributed by atoms with E-state index in [9.17, 15) is 0 Å². The molecule has 0 amide bonds. The predicted molar refractivity (Wildman–Crippen MR) is 161 cm³/mol. The zero-order chi connectivity index (χ0) is 26.5. The van der Waals surface area contributed by atoms with Gasteiger partial charge in [-0.1, -0.05) is 30.7 Å². The Kier molecular flexibility index (Phi) is 8.91. The first-order valence-electron chi connectivity index (χ1n) is 14.2. The van der Waals surface area contributed by atoms with E-state index < -0.39 is 0 Å². The third kappa shape index (κ3) is 6.52. The molecule has 2 N–H and O–H groups in total. The molecule has 0 saturated carbocycles. The molecule has 0 spiro atoms. The van der Waals surface area contributed by atoms with Gasteiger partial charge in [0.2, 0.25) is 5.95 Å². The Labute approximate surface area is 237 Å². The fourth-order valence-electron chi connectivity index (χ4n) is 6.15. The van der Waals surface area contributed by atoms with Gasteiger partial charge in [-0.15, -0.1) is 0 Å². The van der Waals surface area contributed by atoms with Gasteiger partial charge in [0.1, 0.15) is 11.6 Å². The van der Waals surface area contributed by atoms with Gasteiger partial charge in [0, 0.05) is 61.9 Å². The van der Waals surface area contributed by atoms with Crippen LogP contribution in [0, 0.1) is 5.92 Å². The maximum atomic E-state index is 6.18. The van der Waals surface area contributed by atoms with Gasteiger partial charge in [0.25, 0.3) is 0 Å². The van der Waals surface area contributed by atoms with E-state index >= 15 is 0 Å². The Bertz CT molecular complexity index is 1090. The van der Waals surface area contributed by atoms with Crippen LogP contribution in [-0.2, 0) is 10.2 Å². The fraction of sp³-hybridized carbons (Fsp3) is 0.621. The molecule has 5 rings (SSSR count). The van der Waals surface area contributed by atoms with E-state index in [-0.39, 0.29) is 5.41 Å². The lowest BCUT2D eigenvalue weighted by atomic mass is 9.74. The van der Waals surface area contributed by atoms with Crippen LogP contribution in [0.2, 0.25) is 5.02 Å². The van der Waals surface area contributed by atoms with Crippen molar-refractivity contribution in [3.63, 3.8) is 0 Å². The van der Waals surface area contributed by atoms with Crippen LogP contribution in [0.25, 0.3) is 0 Å². The summed E-state index contributed by atoms with van der Waals surface area (Å²) in [5.74, 6) is 3.22. The van der Waals surface area contributed by atoms with Crippen molar-refractivity contribution in [3.05, 3.63) is 40.9 Å². The molecule has 0 radical (unpaired) electrons. The number of nitrogens with zero attached hydrogens (tertiary/aromatic N) is 4. The third-order valence-corrected chi connectivity index (χ3v) is 8.99. The summed E-state index contributed by atoms with van der Waals surface area (Å²) in [7, 11) is 0. The van der Waals surface area contributed by atoms with Gasteiger partial charge < -0.3 is 25.2 Å². The van der Waals surface area contributed by atoms with E-state index in [4.69, 9.17) is 38.5 Å². The lowest BCUT2D eigenvalue weighted by Crippen LogP contribution is -2.45. The van der Waals surface area contributed by atoms with Crippen molar-refractivity contribution in [1.82, 2.24) is 15.3 Å². The number of ether oxygens (including phenoxy) is 1. The molecule has 4 heterocycles. The number of hydrogen-bond donors (Lipinski definition) is 2. The number of nitrogens with one attached hydrogen (secondary N) is 2. The quantitative estimate of drug-likeness (QED) is 0.434. The average Bonchev–Trinajstić information content (AvgIpc) is 2.93. The Balaban J connectivity index is 1.34. The van der Waals surface area contributed by atoms with Gasteiger partial charge in [-0.25, -0.2) is 0 Å². The van der Waals surface area contributed by atoms with Crippen LogP contribution >= 0.6 is 23.8 Å². The summed E-state index contributed by atoms with van der Waals surface area (Å²) in [6.07, 6.45) is 8.00. The lowest BCUT2D eigenvalue weighted by molar-refractivity contribution is 0.0515. The highest BCUT2D eigenvalue weighted by Crippen LogP contribution is 2.35. The number of rotatable bonds is 6. The molecule has 2 atom stereocenters. The van der Waals surface area contributed by atoms with Crippen molar-refractivity contribution in [3.8, 4) is 0 Å². The highest BCUT2D eigenvalue weighted by atomic mass is 35.5. The first-order chi connectivity index (χ1) is 18.4. The van der Waals surface area contributed by atoms with Crippen LogP contribution in [0.3, 0.4) is 0 Å². The van der Waals surface area contributed by atoms with Crippen molar-refractivity contribution in [2.45, 2.75) is 70.3 Å².